The summed E-state index contributed by atoms with van der Waals surface area (Å²) >= 11 is -0.275. The van der Waals surface area contributed by atoms with Crippen LogP contribution in [0.15, 0.2) is 72.8 Å². The van der Waals surface area contributed by atoms with E-state index in [4.69, 9.17) is 23.7 Å². The normalized spacial score (nSPS) is 14.5. The van der Waals surface area contributed by atoms with Gasteiger partial charge in [0.15, 0.2) is 0 Å². The van der Waals surface area contributed by atoms with Crippen molar-refractivity contribution in [1.29, 1.82) is 0 Å². The maximum atomic E-state index is 12.4. The first-order chi connectivity index (χ1) is 22.7. The molecule has 1 aliphatic rings. The Morgan fingerprint density at radius 1 is 0.830 bits per heavy atom. The Morgan fingerprint density at radius 2 is 1.49 bits per heavy atom. The number of halogens is 1. The molecule has 2 unspecified atom stereocenters. The molecular weight excluding hydrogens is 707 g/mol. The summed E-state index contributed by atoms with van der Waals surface area (Å²) in [4.78, 5) is 12.4. The van der Waals surface area contributed by atoms with Gasteiger partial charge in [0.2, 0.25) is 0 Å². The predicted octanol–water partition coefficient (Wildman–Crippen LogP) is 3.34. The molecule has 0 bridgehead atoms. The van der Waals surface area contributed by atoms with Crippen molar-refractivity contribution in [2.45, 2.75) is 59.7 Å². The SMILES string of the molecule is CCc1cc(Cc2cc(C)cc(C)c2OCC(O)COC(=O)COc2ccc([I-]c3ccc(C)cc3)cc2)cc(C)c1OCC1CO1. The maximum Gasteiger partial charge on any atom is 0.125 e. The van der Waals surface area contributed by atoms with Crippen LogP contribution in [-0.2, 0) is 27.1 Å². The molecule has 4 aromatic carbocycles. The average Bonchev–Trinajstić information content (AvgIpc) is 3.88. The van der Waals surface area contributed by atoms with E-state index >= 15 is 0 Å². The quantitative estimate of drug-likeness (QED) is 0.107. The van der Waals surface area contributed by atoms with E-state index in [2.05, 4.69) is 76.2 Å². The van der Waals surface area contributed by atoms with Crippen LogP contribution in [0, 0.1) is 34.8 Å². The first kappa shape index (κ1) is 34.7. The summed E-state index contributed by atoms with van der Waals surface area (Å²) in [6.07, 6.45) is 0.761. The molecule has 0 aliphatic carbocycles. The number of aliphatic hydroxyl groups is 1. The number of aryl methyl sites for hydroxylation is 5. The molecule has 1 fully saturated rings. The van der Waals surface area contributed by atoms with Crippen LogP contribution in [0.2, 0.25) is 0 Å². The van der Waals surface area contributed by atoms with Crippen molar-refractivity contribution in [3.63, 3.8) is 0 Å². The number of ether oxygens (including phenoxy) is 5. The van der Waals surface area contributed by atoms with Crippen LogP contribution in [0.3, 0.4) is 0 Å². The zero-order valence-electron chi connectivity index (χ0n) is 27.8. The standard InChI is InChI=1S/C39H44IO7/c1-6-30-18-29(17-28(5)38(30)47-23-36-22-43-36)19-31-16-26(3)15-27(4)39(31)46-21-34(41)20-45-37(42)24-44-35-13-11-33(12-14-35)40-32-9-7-25(2)8-10-32/h7-18,34,36,41H,6,19-24H2,1-5H3/q-1. The van der Waals surface area contributed by atoms with Crippen LogP contribution in [0.5, 0.6) is 17.2 Å². The number of rotatable bonds is 16. The number of hydrogen-bond donors (Lipinski definition) is 1. The summed E-state index contributed by atoms with van der Waals surface area (Å²) in [5, 5.41) is 10.6. The Bertz CT molecular complexity index is 1650. The Morgan fingerprint density at radius 3 is 2.17 bits per heavy atom. The molecule has 1 heterocycles. The van der Waals surface area contributed by atoms with Crippen molar-refractivity contribution in [3.8, 4) is 17.2 Å². The molecule has 5 rings (SSSR count). The molecule has 2 atom stereocenters. The second-order valence-electron chi connectivity index (χ2n) is 12.0. The fraction of sp³-hybridized carbons (Fsp3) is 0.359. The Labute approximate surface area is 288 Å². The van der Waals surface area contributed by atoms with Crippen LogP contribution >= 0.6 is 0 Å². The molecule has 47 heavy (non-hydrogen) atoms. The third kappa shape index (κ3) is 10.4. The Hall–Kier alpha value is -3.60. The number of aliphatic hydroxyl groups excluding tert-OH is 1. The van der Waals surface area contributed by atoms with Gasteiger partial charge in [-0.1, -0.05) is 36.8 Å². The molecule has 1 N–H and O–H groups in total. The van der Waals surface area contributed by atoms with Crippen molar-refractivity contribution in [3.05, 3.63) is 119 Å². The minimum Gasteiger partial charge on any atom is -0.490 e. The average molecular weight is 752 g/mol. The first-order valence-corrected chi connectivity index (χ1v) is 18.2. The van der Waals surface area contributed by atoms with Gasteiger partial charge in [0.25, 0.3) is 0 Å². The van der Waals surface area contributed by atoms with Crippen LogP contribution in [0.4, 0.5) is 0 Å². The molecule has 4 aromatic rings. The smallest absolute Gasteiger partial charge is 0.125 e. The number of carbonyl (C=O) groups is 1. The number of benzene rings is 4. The summed E-state index contributed by atoms with van der Waals surface area (Å²) in [7, 11) is 0. The number of esters is 1. The van der Waals surface area contributed by atoms with Crippen molar-refractivity contribution < 1.29 is 54.8 Å². The van der Waals surface area contributed by atoms with Gasteiger partial charge in [-0.3, -0.25) is 0 Å². The summed E-state index contributed by atoms with van der Waals surface area (Å²) in [6, 6.07) is 25.0. The third-order valence-corrected chi connectivity index (χ3v) is 10.4. The van der Waals surface area contributed by atoms with Gasteiger partial charge in [0.1, 0.15) is 24.2 Å². The first-order valence-electron chi connectivity index (χ1n) is 16.0. The van der Waals surface area contributed by atoms with Gasteiger partial charge in [-0.05, 0) is 55.0 Å². The summed E-state index contributed by atoms with van der Waals surface area (Å²) in [6.45, 7) is 11.3. The van der Waals surface area contributed by atoms with E-state index in [0.717, 1.165) is 46.8 Å². The molecule has 1 saturated heterocycles. The molecule has 8 heteroatoms. The van der Waals surface area contributed by atoms with Gasteiger partial charge >= 0.3 is 151 Å². The van der Waals surface area contributed by atoms with Gasteiger partial charge in [-0.15, -0.1) is 0 Å². The van der Waals surface area contributed by atoms with Crippen molar-refractivity contribution in [1.82, 2.24) is 0 Å². The fourth-order valence-electron chi connectivity index (χ4n) is 5.36. The van der Waals surface area contributed by atoms with Crippen molar-refractivity contribution in [2.75, 3.05) is 33.0 Å². The molecular formula is C39H44IO7-. The fourth-order valence-corrected chi connectivity index (χ4v) is 7.51. The molecule has 0 amide bonds. The van der Waals surface area contributed by atoms with Crippen LogP contribution in [0.1, 0.15) is 45.9 Å². The van der Waals surface area contributed by atoms with Gasteiger partial charge in [-0.25, -0.2) is 0 Å². The monoisotopic (exact) mass is 751 g/mol. The minimum atomic E-state index is -0.988. The topological polar surface area (TPSA) is 86.8 Å². The zero-order valence-corrected chi connectivity index (χ0v) is 30.0. The summed E-state index contributed by atoms with van der Waals surface area (Å²) in [5.74, 6) is 1.73. The van der Waals surface area contributed by atoms with Crippen LogP contribution in [-0.4, -0.2) is 56.3 Å². The van der Waals surface area contributed by atoms with E-state index in [1.165, 1.54) is 23.8 Å². The second kappa shape index (κ2) is 16.5. The van der Waals surface area contributed by atoms with Gasteiger partial charge in [-0.2, -0.15) is 0 Å². The number of hydrogen-bond acceptors (Lipinski definition) is 7. The van der Waals surface area contributed by atoms with Crippen LogP contribution < -0.4 is 35.4 Å². The molecule has 0 radical (unpaired) electrons. The number of carbonyl (C=O) groups excluding carboxylic acids is 1. The molecule has 0 aromatic heterocycles. The van der Waals surface area contributed by atoms with Crippen molar-refractivity contribution >= 4 is 5.97 Å². The van der Waals surface area contributed by atoms with E-state index in [-0.39, 0.29) is 47.1 Å². The molecule has 250 valence electrons. The van der Waals surface area contributed by atoms with E-state index in [0.29, 0.717) is 18.8 Å². The minimum absolute atomic E-state index is 0.00812. The largest absolute Gasteiger partial charge is 0.490 e. The number of epoxide rings is 1. The second-order valence-corrected chi connectivity index (χ2v) is 15.1. The maximum absolute atomic E-state index is 12.4. The predicted molar refractivity (Wildman–Crippen MR) is 177 cm³/mol. The summed E-state index contributed by atoms with van der Waals surface area (Å²) < 4.78 is 31.1. The molecule has 0 spiro atoms. The summed E-state index contributed by atoms with van der Waals surface area (Å²) in [5.41, 5.74) is 7.86. The van der Waals surface area contributed by atoms with E-state index in [1.807, 2.05) is 31.2 Å². The van der Waals surface area contributed by atoms with E-state index in [1.54, 1.807) is 0 Å². The van der Waals surface area contributed by atoms with Gasteiger partial charge in [0.05, 0.1) is 6.61 Å². The van der Waals surface area contributed by atoms with Crippen molar-refractivity contribution in [2.24, 2.45) is 0 Å². The Balaban J connectivity index is 1.10. The molecule has 7 nitrogen and oxygen atoms in total. The zero-order chi connectivity index (χ0) is 33.3. The molecule has 1 aliphatic heterocycles. The van der Waals surface area contributed by atoms with Gasteiger partial charge < -0.3 is 9.47 Å². The van der Waals surface area contributed by atoms with Gasteiger partial charge in [0, 0.05) is 6.42 Å². The Kier molecular flexibility index (Phi) is 12.2. The third-order valence-electron chi connectivity index (χ3n) is 7.75. The van der Waals surface area contributed by atoms with E-state index in [9.17, 15) is 9.90 Å². The molecule has 0 saturated carbocycles. The van der Waals surface area contributed by atoms with E-state index < -0.39 is 12.1 Å². The van der Waals surface area contributed by atoms with Crippen LogP contribution in [0.25, 0.3) is 0 Å².